The fraction of sp³-hybridized carbons (Fsp3) is 0.400. The van der Waals surface area contributed by atoms with Crippen molar-refractivity contribution in [2.45, 2.75) is 17.7 Å². The number of sulfonamides is 2. The zero-order valence-electron chi connectivity index (χ0n) is 9.71. The molecule has 0 spiro atoms. The van der Waals surface area contributed by atoms with E-state index in [-0.39, 0.29) is 17.2 Å². The third kappa shape index (κ3) is 3.05. The van der Waals surface area contributed by atoms with Gasteiger partial charge in [-0.1, -0.05) is 19.6 Å². The molecule has 1 aliphatic rings. The maximum Gasteiger partial charge on any atom is 0.257 e. The van der Waals surface area contributed by atoms with E-state index in [1.54, 1.807) is 12.1 Å². The summed E-state index contributed by atoms with van der Waals surface area (Å²) in [5, 5.41) is 0. The lowest BCUT2D eigenvalue weighted by Gasteiger charge is -2.26. The third-order valence-electron chi connectivity index (χ3n) is 2.74. The van der Waals surface area contributed by atoms with E-state index in [9.17, 15) is 16.8 Å². The summed E-state index contributed by atoms with van der Waals surface area (Å²) in [6.45, 7) is 0.00359. The van der Waals surface area contributed by atoms with Gasteiger partial charge in [-0.2, -0.15) is 0 Å². The zero-order valence-corrected chi connectivity index (χ0v) is 14.5. The van der Waals surface area contributed by atoms with Gasteiger partial charge >= 0.3 is 0 Å². The Morgan fingerprint density at radius 2 is 1.84 bits per heavy atom. The molecule has 0 aliphatic carbocycles. The van der Waals surface area contributed by atoms with Crippen molar-refractivity contribution in [2.24, 2.45) is 0 Å². The van der Waals surface area contributed by atoms with Crippen LogP contribution in [0.1, 0.15) is 12.8 Å². The molecule has 1 aliphatic heterocycles. The van der Waals surface area contributed by atoms with E-state index >= 15 is 0 Å². The predicted molar refractivity (Wildman–Crippen MR) is 78.8 cm³/mol. The van der Waals surface area contributed by atoms with Crippen molar-refractivity contribution >= 4 is 51.9 Å². The monoisotopic (exact) mass is 431 g/mol. The molecule has 1 aromatic carbocycles. The number of benzene rings is 1. The second kappa shape index (κ2) is 5.44. The third-order valence-corrected chi connectivity index (χ3v) is 8.68. The van der Waals surface area contributed by atoms with E-state index in [1.165, 1.54) is 6.07 Å². The number of rotatable bonds is 2. The lowest BCUT2D eigenvalue weighted by atomic mass is 10.3. The molecule has 19 heavy (non-hydrogen) atoms. The normalized spacial score (nSPS) is 20.3. The average Bonchev–Trinajstić information content (AvgIpc) is 2.31. The van der Waals surface area contributed by atoms with Crippen LogP contribution in [0.25, 0.3) is 0 Å². The van der Waals surface area contributed by atoms with Crippen LogP contribution in [0.2, 0.25) is 0 Å². The number of halogens is 2. The van der Waals surface area contributed by atoms with Crippen molar-refractivity contribution in [1.29, 1.82) is 0 Å². The first kappa shape index (κ1) is 15.4. The van der Waals surface area contributed by atoms with Crippen LogP contribution in [-0.2, 0) is 20.0 Å². The summed E-state index contributed by atoms with van der Waals surface area (Å²) >= 11 is 6.34. The molecule has 1 aromatic rings. The highest BCUT2D eigenvalue weighted by molar-refractivity contribution is 9.11. The van der Waals surface area contributed by atoms with Gasteiger partial charge in [0, 0.05) is 15.5 Å². The van der Waals surface area contributed by atoms with Gasteiger partial charge in [0.1, 0.15) is 0 Å². The van der Waals surface area contributed by atoms with Crippen molar-refractivity contribution in [3.05, 3.63) is 27.1 Å². The summed E-state index contributed by atoms with van der Waals surface area (Å²) in [7, 11) is -7.80. The minimum Gasteiger partial charge on any atom is -0.211 e. The Labute approximate surface area is 129 Å². The van der Waals surface area contributed by atoms with Gasteiger partial charge in [0.25, 0.3) is 10.0 Å². The predicted octanol–water partition coefficient (Wildman–Crippen LogP) is 2.33. The van der Waals surface area contributed by atoms with E-state index in [0.29, 0.717) is 25.5 Å². The van der Waals surface area contributed by atoms with E-state index in [4.69, 9.17) is 0 Å². The first-order valence-corrected chi connectivity index (χ1v) is 10.1. The van der Waals surface area contributed by atoms with Gasteiger partial charge in [-0.3, -0.25) is 0 Å². The van der Waals surface area contributed by atoms with Crippen LogP contribution in [0, 0.1) is 0 Å². The molecule has 9 heteroatoms. The molecule has 0 unspecified atom stereocenters. The smallest absolute Gasteiger partial charge is 0.211 e. The fourth-order valence-electron chi connectivity index (χ4n) is 1.82. The molecular weight excluding hydrogens is 422 g/mol. The summed E-state index contributed by atoms with van der Waals surface area (Å²) in [6, 6.07) is 4.63. The van der Waals surface area contributed by atoms with Crippen molar-refractivity contribution < 1.29 is 16.8 Å². The molecule has 0 amide bonds. The van der Waals surface area contributed by atoms with Gasteiger partial charge < -0.3 is 0 Å². The number of nitrogens with zero attached hydrogens (tertiary/aromatic N) is 1. The van der Waals surface area contributed by atoms with Crippen LogP contribution in [0.5, 0.6) is 0 Å². The molecule has 0 saturated carbocycles. The maximum absolute atomic E-state index is 12.5. The average molecular weight is 433 g/mol. The van der Waals surface area contributed by atoms with Crippen LogP contribution in [-0.4, -0.2) is 32.8 Å². The molecule has 2 rings (SSSR count). The van der Waals surface area contributed by atoms with Crippen molar-refractivity contribution in [3.63, 3.8) is 0 Å². The minimum absolute atomic E-state index is 0.00359. The van der Waals surface area contributed by atoms with Gasteiger partial charge in [-0.15, -0.1) is 0 Å². The lowest BCUT2D eigenvalue weighted by molar-refractivity contribution is 0.469. The summed E-state index contributed by atoms with van der Waals surface area (Å²) in [5.41, 5.74) is 0. The number of hydrogen-bond acceptors (Lipinski definition) is 4. The van der Waals surface area contributed by atoms with Crippen LogP contribution in [0.3, 0.4) is 0 Å². The summed E-state index contributed by atoms with van der Waals surface area (Å²) in [4.78, 5) is -0.0487. The molecule has 0 aromatic heterocycles. The zero-order chi connectivity index (χ0) is 14.3. The van der Waals surface area contributed by atoms with Crippen LogP contribution in [0.15, 0.2) is 32.0 Å². The molecule has 1 fully saturated rings. The summed E-state index contributed by atoms with van der Waals surface area (Å²) < 4.78 is 50.3. The summed E-state index contributed by atoms with van der Waals surface area (Å²) in [5.74, 6) is -0.127. The van der Waals surface area contributed by atoms with E-state index in [2.05, 4.69) is 31.9 Å². The SMILES string of the molecule is O=S1(=O)CCCCN1S(=O)(=O)c1cc(Br)ccc1Br. The van der Waals surface area contributed by atoms with E-state index in [0.717, 1.165) is 0 Å². The first-order valence-electron chi connectivity index (χ1n) is 5.46. The quantitative estimate of drug-likeness (QED) is 0.718. The highest BCUT2D eigenvalue weighted by Gasteiger charge is 2.38. The second-order valence-electron chi connectivity index (χ2n) is 4.10. The lowest BCUT2D eigenvalue weighted by Crippen LogP contribution is -2.42. The molecule has 5 nitrogen and oxygen atoms in total. The van der Waals surface area contributed by atoms with E-state index in [1.807, 2.05) is 0 Å². The Morgan fingerprint density at radius 1 is 1.16 bits per heavy atom. The topological polar surface area (TPSA) is 71.5 Å². The molecule has 0 N–H and O–H groups in total. The standard InChI is InChI=1S/C10H11Br2NO4S2/c11-8-3-4-9(12)10(7-8)19(16,17)13-5-1-2-6-18(13,14)15/h3-4,7H,1-2,5-6H2. The van der Waals surface area contributed by atoms with Crippen molar-refractivity contribution in [2.75, 3.05) is 12.3 Å². The Morgan fingerprint density at radius 3 is 2.47 bits per heavy atom. The Bertz CT molecular complexity index is 700. The van der Waals surface area contributed by atoms with E-state index < -0.39 is 20.0 Å². The van der Waals surface area contributed by atoms with Gasteiger partial charge in [-0.25, -0.2) is 16.8 Å². The second-order valence-corrected chi connectivity index (χ2v) is 9.94. The fourth-order valence-corrected chi connectivity index (χ4v) is 7.21. The Hall–Kier alpha value is 0.0400. The highest BCUT2D eigenvalue weighted by Crippen LogP contribution is 2.31. The highest BCUT2D eigenvalue weighted by atomic mass is 79.9. The van der Waals surface area contributed by atoms with Gasteiger partial charge in [0.05, 0.1) is 10.6 Å². The molecule has 0 atom stereocenters. The molecule has 106 valence electrons. The molecule has 0 radical (unpaired) electrons. The maximum atomic E-state index is 12.5. The molecule has 1 saturated heterocycles. The van der Waals surface area contributed by atoms with Gasteiger partial charge in [0.2, 0.25) is 10.0 Å². The van der Waals surface area contributed by atoms with Crippen molar-refractivity contribution in [1.82, 2.24) is 3.71 Å². The Kier molecular flexibility index (Phi) is 4.41. The largest absolute Gasteiger partial charge is 0.257 e. The molecule has 1 heterocycles. The summed E-state index contributed by atoms with van der Waals surface area (Å²) in [6.07, 6.45) is 1.04. The first-order chi connectivity index (χ1) is 8.75. The van der Waals surface area contributed by atoms with Gasteiger partial charge in [0.15, 0.2) is 0 Å². The Balaban J connectivity index is 2.56. The van der Waals surface area contributed by atoms with Gasteiger partial charge in [-0.05, 0) is 47.0 Å². The van der Waals surface area contributed by atoms with Crippen LogP contribution in [0.4, 0.5) is 0 Å². The minimum atomic E-state index is -4.05. The molecule has 0 bridgehead atoms. The van der Waals surface area contributed by atoms with Crippen LogP contribution >= 0.6 is 31.9 Å². The van der Waals surface area contributed by atoms with Crippen LogP contribution < -0.4 is 0 Å². The van der Waals surface area contributed by atoms with Crippen molar-refractivity contribution in [3.8, 4) is 0 Å². The number of hydrogen-bond donors (Lipinski definition) is 0. The molecular formula is C10H11Br2NO4S2.